The lowest BCUT2D eigenvalue weighted by Crippen LogP contribution is -2.61. The van der Waals surface area contributed by atoms with Crippen molar-refractivity contribution >= 4 is 16.6 Å². The van der Waals surface area contributed by atoms with E-state index in [1.54, 1.807) is 0 Å². The summed E-state index contributed by atoms with van der Waals surface area (Å²) < 4.78 is 0. The summed E-state index contributed by atoms with van der Waals surface area (Å²) in [5, 5.41) is 9.54. The average Bonchev–Trinajstić information content (AvgIpc) is 3.28. The lowest BCUT2D eigenvalue weighted by molar-refractivity contribution is 0.0599. The Morgan fingerprint density at radius 3 is 2.71 bits per heavy atom. The van der Waals surface area contributed by atoms with Crippen molar-refractivity contribution < 1.29 is 0 Å². The van der Waals surface area contributed by atoms with Gasteiger partial charge in [-0.2, -0.15) is 0 Å². The van der Waals surface area contributed by atoms with Gasteiger partial charge >= 0.3 is 0 Å². The fourth-order valence-electron chi connectivity index (χ4n) is 7.78. The summed E-state index contributed by atoms with van der Waals surface area (Å²) in [6.07, 6.45) is 2.64. The van der Waals surface area contributed by atoms with Crippen LogP contribution in [0.3, 0.4) is 0 Å². The number of hydrogen-bond acceptors (Lipinski definition) is 3. The Balaban J connectivity index is 1.43. The molecule has 0 amide bonds. The molecule has 1 aromatic heterocycles. The molecule has 0 aliphatic carbocycles. The molecule has 4 nitrogen and oxygen atoms in total. The first-order valence-corrected chi connectivity index (χ1v) is 11.9. The largest absolute Gasteiger partial charge is 0.369 e. The molecular formula is C27H32N4. The maximum atomic E-state index is 4.07. The van der Waals surface area contributed by atoms with Crippen molar-refractivity contribution in [1.82, 2.24) is 15.2 Å². The van der Waals surface area contributed by atoms with Crippen molar-refractivity contribution in [2.24, 2.45) is 11.8 Å². The third kappa shape index (κ3) is 2.08. The van der Waals surface area contributed by atoms with Gasteiger partial charge in [0.15, 0.2) is 0 Å². The third-order valence-electron chi connectivity index (χ3n) is 9.37. The summed E-state index contributed by atoms with van der Waals surface area (Å²) in [6, 6.07) is 13.8. The van der Waals surface area contributed by atoms with Crippen LogP contribution in [0.2, 0.25) is 0 Å². The molecule has 0 saturated carbocycles. The monoisotopic (exact) mass is 412 g/mol. The fourth-order valence-corrected chi connectivity index (χ4v) is 7.78. The molecule has 4 heteroatoms. The number of nitrogens with zero attached hydrogens (tertiary/aromatic N) is 1. The van der Waals surface area contributed by atoms with Crippen molar-refractivity contribution in [2.75, 3.05) is 18.4 Å². The Morgan fingerprint density at radius 2 is 1.84 bits per heavy atom. The van der Waals surface area contributed by atoms with E-state index in [1.165, 1.54) is 44.5 Å². The first-order valence-electron chi connectivity index (χ1n) is 11.9. The van der Waals surface area contributed by atoms with Gasteiger partial charge in [-0.05, 0) is 82.3 Å². The second-order valence-electron chi connectivity index (χ2n) is 10.9. The highest BCUT2D eigenvalue weighted by Gasteiger charge is 2.70. The molecule has 2 saturated heterocycles. The van der Waals surface area contributed by atoms with Crippen LogP contribution in [0.1, 0.15) is 41.8 Å². The molecule has 2 fully saturated rings. The second kappa shape index (κ2) is 5.73. The fraction of sp³-hybridized carbons (Fsp3) is 0.481. The van der Waals surface area contributed by atoms with Crippen LogP contribution >= 0.6 is 0 Å². The minimum absolute atomic E-state index is 0.0253. The molecule has 160 valence electrons. The molecule has 0 bridgehead atoms. The molecule has 4 aliphatic heterocycles. The summed E-state index contributed by atoms with van der Waals surface area (Å²) in [7, 11) is 0. The van der Waals surface area contributed by atoms with E-state index >= 15 is 0 Å². The molecule has 31 heavy (non-hydrogen) atoms. The molecule has 3 N–H and O–H groups in total. The Kier molecular flexibility index (Phi) is 3.38. The molecular weight excluding hydrogens is 380 g/mol. The number of nitrogens with one attached hydrogen (secondary N) is 3. The van der Waals surface area contributed by atoms with Crippen molar-refractivity contribution in [3.63, 3.8) is 0 Å². The molecule has 5 unspecified atom stereocenters. The van der Waals surface area contributed by atoms with Crippen LogP contribution in [0, 0.1) is 25.7 Å². The molecule has 4 aliphatic rings. The van der Waals surface area contributed by atoms with Gasteiger partial charge in [0.1, 0.15) is 0 Å². The Bertz CT molecular complexity index is 1240. The van der Waals surface area contributed by atoms with Gasteiger partial charge in [0, 0.05) is 40.3 Å². The topological polar surface area (TPSA) is 43.1 Å². The number of aromatic amines is 1. The second-order valence-corrected chi connectivity index (χ2v) is 10.9. The van der Waals surface area contributed by atoms with Crippen LogP contribution in [-0.4, -0.2) is 34.7 Å². The van der Waals surface area contributed by atoms with Crippen LogP contribution in [0.4, 0.5) is 5.69 Å². The van der Waals surface area contributed by atoms with Gasteiger partial charge in [0.2, 0.25) is 0 Å². The van der Waals surface area contributed by atoms with E-state index in [2.05, 4.69) is 84.6 Å². The summed E-state index contributed by atoms with van der Waals surface area (Å²) >= 11 is 0. The van der Waals surface area contributed by atoms with E-state index in [4.69, 9.17) is 0 Å². The predicted molar refractivity (Wildman–Crippen MR) is 126 cm³/mol. The van der Waals surface area contributed by atoms with Crippen molar-refractivity contribution in [3.8, 4) is 0 Å². The number of H-pyrrole nitrogens is 1. The van der Waals surface area contributed by atoms with Crippen LogP contribution < -0.4 is 10.6 Å². The first-order chi connectivity index (χ1) is 14.9. The van der Waals surface area contributed by atoms with Gasteiger partial charge < -0.3 is 15.6 Å². The first kappa shape index (κ1) is 18.3. The normalized spacial score (nSPS) is 35.8. The lowest BCUT2D eigenvalue weighted by Gasteiger charge is -2.48. The SMILES string of the molecule is Cc1ccc2c(c1)CC1CNC3(C)C1C(N2)N1CCc2c([nH]c4ccc(C)cc24)C13C. The zero-order valence-corrected chi connectivity index (χ0v) is 19.0. The van der Waals surface area contributed by atoms with E-state index in [0.717, 1.165) is 25.9 Å². The van der Waals surface area contributed by atoms with Crippen LogP contribution in [-0.2, 0) is 18.4 Å². The number of benzene rings is 2. The number of hydrogen-bond donors (Lipinski definition) is 3. The molecule has 0 spiro atoms. The molecule has 2 aromatic carbocycles. The van der Waals surface area contributed by atoms with E-state index in [0.29, 0.717) is 18.0 Å². The highest BCUT2D eigenvalue weighted by molar-refractivity contribution is 5.86. The van der Waals surface area contributed by atoms with E-state index in [9.17, 15) is 0 Å². The van der Waals surface area contributed by atoms with Crippen LogP contribution in [0.5, 0.6) is 0 Å². The number of rotatable bonds is 0. The van der Waals surface area contributed by atoms with Gasteiger partial charge in [0.25, 0.3) is 0 Å². The summed E-state index contributed by atoms with van der Waals surface area (Å²) in [6.45, 7) is 11.6. The van der Waals surface area contributed by atoms with Crippen molar-refractivity contribution in [2.45, 2.75) is 57.8 Å². The maximum absolute atomic E-state index is 4.07. The highest BCUT2D eigenvalue weighted by atomic mass is 15.4. The summed E-state index contributed by atoms with van der Waals surface area (Å²) in [5.74, 6) is 1.23. The smallest absolute Gasteiger partial charge is 0.0852 e. The molecule has 5 heterocycles. The van der Waals surface area contributed by atoms with E-state index in [-0.39, 0.29) is 11.1 Å². The molecule has 5 atom stereocenters. The number of anilines is 1. The number of aryl methyl sites for hydroxylation is 2. The predicted octanol–water partition coefficient (Wildman–Crippen LogP) is 4.46. The maximum Gasteiger partial charge on any atom is 0.0852 e. The zero-order chi connectivity index (χ0) is 21.1. The molecule has 3 aromatic rings. The van der Waals surface area contributed by atoms with Gasteiger partial charge in [0.05, 0.1) is 11.7 Å². The summed E-state index contributed by atoms with van der Waals surface area (Å²) in [5.41, 5.74) is 9.77. The van der Waals surface area contributed by atoms with E-state index < -0.39 is 0 Å². The lowest BCUT2D eigenvalue weighted by atomic mass is 9.69. The molecule has 7 rings (SSSR count). The number of fused-ring (bicyclic) bond motifs is 8. The van der Waals surface area contributed by atoms with Crippen molar-refractivity contribution in [3.05, 3.63) is 64.3 Å². The van der Waals surface area contributed by atoms with Gasteiger partial charge in [-0.3, -0.25) is 4.90 Å². The average molecular weight is 413 g/mol. The Hall–Kier alpha value is -2.30. The van der Waals surface area contributed by atoms with Gasteiger partial charge in [-0.25, -0.2) is 0 Å². The Labute approximate surface area is 184 Å². The third-order valence-corrected chi connectivity index (χ3v) is 9.37. The Morgan fingerprint density at radius 1 is 1.03 bits per heavy atom. The minimum atomic E-state index is -0.0627. The van der Waals surface area contributed by atoms with Gasteiger partial charge in [-0.1, -0.05) is 29.3 Å². The van der Waals surface area contributed by atoms with Crippen molar-refractivity contribution in [1.29, 1.82) is 0 Å². The number of aromatic nitrogens is 1. The minimum Gasteiger partial charge on any atom is -0.369 e. The van der Waals surface area contributed by atoms with Gasteiger partial charge in [-0.15, -0.1) is 0 Å². The van der Waals surface area contributed by atoms with Crippen LogP contribution in [0.25, 0.3) is 10.9 Å². The highest BCUT2D eigenvalue weighted by Crippen LogP contribution is 2.60. The summed E-state index contributed by atoms with van der Waals surface area (Å²) in [4.78, 5) is 6.69. The van der Waals surface area contributed by atoms with E-state index in [1.807, 2.05) is 0 Å². The van der Waals surface area contributed by atoms with Crippen LogP contribution in [0.15, 0.2) is 36.4 Å². The zero-order valence-electron chi connectivity index (χ0n) is 19.0. The standard InChI is InChI=1S/C27H32N4/c1-15-5-7-21-17(11-15)13-18-14-28-26(3)23(18)25(30-21)31-10-9-19-20-12-16(2)6-8-22(20)29-24(19)27(26,31)4/h5-8,11-12,18,23,25,28-30H,9-10,13-14H2,1-4H3. The molecule has 0 radical (unpaired) electrons. The quantitative estimate of drug-likeness (QED) is 0.511.